The predicted molar refractivity (Wildman–Crippen MR) is 45.7 cm³/mol. The van der Waals surface area contributed by atoms with Crippen molar-refractivity contribution in [1.82, 2.24) is 0 Å². The molecule has 0 aliphatic carbocycles. The molecule has 15 heavy (non-hydrogen) atoms. The summed E-state index contributed by atoms with van der Waals surface area (Å²) in [6.07, 6.45) is -7.28. The minimum absolute atomic E-state index is 0.0965. The third kappa shape index (κ3) is 3.32. The van der Waals surface area contributed by atoms with Crippen LogP contribution in [-0.4, -0.2) is 29.1 Å². The summed E-state index contributed by atoms with van der Waals surface area (Å²) in [6, 6.07) is 5.57. The van der Waals surface area contributed by atoms with Gasteiger partial charge in [0.05, 0.1) is 0 Å². The maximum Gasteiger partial charge on any atom is 0.417 e. The largest absolute Gasteiger partial charge is 0.504 e. The number of halogens is 3. The normalized spacial score (nSPS) is 13.6. The van der Waals surface area contributed by atoms with Crippen molar-refractivity contribution in [2.45, 2.75) is 12.3 Å². The molecule has 0 fully saturated rings. The van der Waals surface area contributed by atoms with Gasteiger partial charge in [0.15, 0.2) is 17.6 Å². The van der Waals surface area contributed by atoms with Gasteiger partial charge in [-0.25, -0.2) is 0 Å². The average molecular weight is 222 g/mol. The Bertz CT molecular complexity index is 325. The number of aliphatic hydroxyl groups is 1. The Hall–Kier alpha value is -1.43. The summed E-state index contributed by atoms with van der Waals surface area (Å²) in [5.74, 6) is -0.368. The Labute approximate surface area is 83.7 Å². The molecule has 1 atom stereocenters. The van der Waals surface area contributed by atoms with E-state index >= 15 is 0 Å². The lowest BCUT2D eigenvalue weighted by Crippen LogP contribution is -2.34. The highest BCUT2D eigenvalue weighted by atomic mass is 19.4. The molecule has 0 aromatic heterocycles. The van der Waals surface area contributed by atoms with E-state index in [1.54, 1.807) is 0 Å². The van der Waals surface area contributed by atoms with Crippen LogP contribution in [0.2, 0.25) is 0 Å². The number of benzene rings is 1. The van der Waals surface area contributed by atoms with Crippen molar-refractivity contribution in [1.29, 1.82) is 0 Å². The first-order chi connectivity index (χ1) is 6.91. The maximum atomic E-state index is 11.9. The maximum absolute atomic E-state index is 11.9. The van der Waals surface area contributed by atoms with Crippen LogP contribution in [0.5, 0.6) is 11.5 Å². The second kappa shape index (κ2) is 4.39. The average Bonchev–Trinajstić information content (AvgIpc) is 2.14. The quantitative estimate of drug-likeness (QED) is 0.818. The topological polar surface area (TPSA) is 49.7 Å². The van der Waals surface area contributed by atoms with E-state index in [9.17, 15) is 13.2 Å². The first-order valence-corrected chi connectivity index (χ1v) is 4.07. The van der Waals surface area contributed by atoms with Gasteiger partial charge in [-0.2, -0.15) is 13.2 Å². The molecular weight excluding hydrogens is 213 g/mol. The number of hydrogen-bond donors (Lipinski definition) is 2. The molecular formula is C9H9F3O3. The Kier molecular flexibility index (Phi) is 3.41. The molecule has 0 aliphatic rings. The van der Waals surface area contributed by atoms with Crippen molar-refractivity contribution < 1.29 is 28.1 Å². The molecule has 0 aliphatic heterocycles. The molecule has 1 unspecified atom stereocenters. The molecule has 1 rings (SSSR count). The monoisotopic (exact) mass is 222 g/mol. The summed E-state index contributed by atoms with van der Waals surface area (Å²) < 4.78 is 40.2. The predicted octanol–water partition coefficient (Wildman–Crippen LogP) is 1.69. The van der Waals surface area contributed by atoms with Crippen molar-refractivity contribution in [3.8, 4) is 11.5 Å². The second-order valence-corrected chi connectivity index (χ2v) is 2.84. The minimum atomic E-state index is -4.72. The first-order valence-electron chi connectivity index (χ1n) is 4.07. The summed E-state index contributed by atoms with van der Waals surface area (Å²) >= 11 is 0. The van der Waals surface area contributed by atoms with Crippen molar-refractivity contribution in [3.63, 3.8) is 0 Å². The number of para-hydroxylation sites is 2. The molecule has 84 valence electrons. The van der Waals surface area contributed by atoms with Crippen LogP contribution in [0.3, 0.4) is 0 Å². The highest BCUT2D eigenvalue weighted by Gasteiger charge is 2.38. The van der Waals surface area contributed by atoms with Crippen molar-refractivity contribution >= 4 is 0 Å². The van der Waals surface area contributed by atoms with E-state index in [0.717, 1.165) is 0 Å². The summed E-state index contributed by atoms with van der Waals surface area (Å²) in [5, 5.41) is 17.7. The Morgan fingerprint density at radius 2 is 1.87 bits per heavy atom. The molecule has 2 N–H and O–H groups in total. The fourth-order valence-corrected chi connectivity index (χ4v) is 0.842. The summed E-state index contributed by atoms with van der Waals surface area (Å²) in [6.45, 7) is -0.943. The second-order valence-electron chi connectivity index (χ2n) is 2.84. The smallest absolute Gasteiger partial charge is 0.417 e. The van der Waals surface area contributed by atoms with Gasteiger partial charge in [-0.05, 0) is 12.1 Å². The molecule has 1 aromatic carbocycles. The number of phenols is 1. The van der Waals surface area contributed by atoms with Gasteiger partial charge in [-0.1, -0.05) is 12.1 Å². The van der Waals surface area contributed by atoms with Crippen LogP contribution in [0.15, 0.2) is 24.3 Å². The molecule has 1 aromatic rings. The van der Waals surface area contributed by atoms with Crippen molar-refractivity contribution in [2.24, 2.45) is 0 Å². The molecule has 0 heterocycles. The minimum Gasteiger partial charge on any atom is -0.504 e. The van der Waals surface area contributed by atoms with Crippen LogP contribution in [0, 0.1) is 0 Å². The zero-order valence-corrected chi connectivity index (χ0v) is 7.53. The highest BCUT2D eigenvalue weighted by molar-refractivity contribution is 5.37. The molecule has 0 saturated carbocycles. The third-order valence-corrected chi connectivity index (χ3v) is 1.64. The summed E-state index contributed by atoms with van der Waals surface area (Å²) in [4.78, 5) is 0. The van der Waals surface area contributed by atoms with Gasteiger partial charge in [-0.3, -0.25) is 0 Å². The molecule has 0 amide bonds. The summed E-state index contributed by atoms with van der Waals surface area (Å²) in [5.41, 5.74) is 0. The number of aliphatic hydroxyl groups excluding tert-OH is 1. The lowest BCUT2D eigenvalue weighted by molar-refractivity contribution is -0.210. The number of ether oxygens (including phenoxy) is 1. The number of phenolic OH excluding ortho intramolecular Hbond substituents is 1. The van der Waals surface area contributed by atoms with Crippen molar-refractivity contribution in [2.75, 3.05) is 6.61 Å². The van der Waals surface area contributed by atoms with E-state index in [2.05, 4.69) is 4.74 Å². The molecule has 3 nitrogen and oxygen atoms in total. The van der Waals surface area contributed by atoms with Crippen LogP contribution in [0.25, 0.3) is 0 Å². The van der Waals surface area contributed by atoms with E-state index in [1.807, 2.05) is 0 Å². The van der Waals surface area contributed by atoms with Crippen LogP contribution in [0.1, 0.15) is 0 Å². The van der Waals surface area contributed by atoms with Crippen LogP contribution in [-0.2, 0) is 0 Å². The molecule has 0 saturated heterocycles. The molecule has 6 heteroatoms. The van der Waals surface area contributed by atoms with Gasteiger partial charge in [-0.15, -0.1) is 0 Å². The zero-order chi connectivity index (χ0) is 11.5. The van der Waals surface area contributed by atoms with E-state index in [-0.39, 0.29) is 11.5 Å². The van der Waals surface area contributed by atoms with E-state index < -0.39 is 18.9 Å². The molecule has 0 spiro atoms. The number of hydrogen-bond acceptors (Lipinski definition) is 3. The standard InChI is InChI=1S/C9H9F3O3/c10-9(11,12)8(14)5-15-7-4-2-1-3-6(7)13/h1-4,8,13-14H,5H2. The zero-order valence-electron chi connectivity index (χ0n) is 7.53. The lowest BCUT2D eigenvalue weighted by Gasteiger charge is -2.15. The Balaban J connectivity index is 2.55. The van der Waals surface area contributed by atoms with E-state index in [1.165, 1.54) is 24.3 Å². The van der Waals surface area contributed by atoms with Gasteiger partial charge in [0.25, 0.3) is 0 Å². The third-order valence-electron chi connectivity index (χ3n) is 1.64. The van der Waals surface area contributed by atoms with Crippen LogP contribution in [0.4, 0.5) is 13.2 Å². The van der Waals surface area contributed by atoms with Gasteiger partial charge in [0, 0.05) is 0 Å². The van der Waals surface area contributed by atoms with Crippen LogP contribution < -0.4 is 4.74 Å². The fraction of sp³-hybridized carbons (Fsp3) is 0.333. The molecule has 0 radical (unpaired) electrons. The van der Waals surface area contributed by atoms with E-state index in [0.29, 0.717) is 0 Å². The fourth-order valence-electron chi connectivity index (χ4n) is 0.842. The Morgan fingerprint density at radius 1 is 1.27 bits per heavy atom. The van der Waals surface area contributed by atoms with Gasteiger partial charge in [0.1, 0.15) is 6.61 Å². The van der Waals surface area contributed by atoms with Crippen LogP contribution >= 0.6 is 0 Å². The van der Waals surface area contributed by atoms with Crippen molar-refractivity contribution in [3.05, 3.63) is 24.3 Å². The van der Waals surface area contributed by atoms with Gasteiger partial charge < -0.3 is 14.9 Å². The SMILES string of the molecule is Oc1ccccc1OCC(O)C(F)(F)F. The van der Waals surface area contributed by atoms with Gasteiger partial charge >= 0.3 is 6.18 Å². The number of aromatic hydroxyl groups is 1. The summed E-state index contributed by atoms with van der Waals surface area (Å²) in [7, 11) is 0. The van der Waals surface area contributed by atoms with Gasteiger partial charge in [0.2, 0.25) is 0 Å². The lowest BCUT2D eigenvalue weighted by atomic mass is 10.3. The first kappa shape index (κ1) is 11.6. The highest BCUT2D eigenvalue weighted by Crippen LogP contribution is 2.26. The Morgan fingerprint density at radius 3 is 2.40 bits per heavy atom. The van der Waals surface area contributed by atoms with E-state index in [4.69, 9.17) is 10.2 Å². The number of alkyl halides is 3. The number of rotatable bonds is 3. The molecule has 0 bridgehead atoms.